The maximum Gasteiger partial charge on any atom is 0.329 e. The van der Waals surface area contributed by atoms with Gasteiger partial charge in [-0.05, 0) is 53.4 Å². The first-order valence-electron chi connectivity index (χ1n) is 8.69. The van der Waals surface area contributed by atoms with Crippen LogP contribution >= 0.6 is 15.9 Å². The van der Waals surface area contributed by atoms with E-state index in [9.17, 15) is 4.79 Å². The monoisotopic (exact) mass is 406 g/mol. The summed E-state index contributed by atoms with van der Waals surface area (Å²) in [5.74, 6) is 0.207. The normalized spacial score (nSPS) is 20.5. The summed E-state index contributed by atoms with van der Waals surface area (Å²) in [5.41, 5.74) is 2.10. The molecule has 5 nitrogen and oxygen atoms in total. The lowest BCUT2D eigenvalue weighted by atomic mass is 9.82. The van der Waals surface area contributed by atoms with Gasteiger partial charge < -0.3 is 9.84 Å². The summed E-state index contributed by atoms with van der Waals surface area (Å²) in [4.78, 5) is 10.5. The summed E-state index contributed by atoms with van der Waals surface area (Å²) in [6.07, 6.45) is 6.53. The van der Waals surface area contributed by atoms with Gasteiger partial charge in [0.1, 0.15) is 12.3 Å². The summed E-state index contributed by atoms with van der Waals surface area (Å²) in [6, 6.07) is 10.2. The molecule has 0 radical (unpaired) electrons. The number of halogens is 1. The molecule has 0 atom stereocenters. The van der Waals surface area contributed by atoms with Crippen LogP contribution in [0, 0.1) is 11.8 Å². The van der Waals surface area contributed by atoms with Crippen LogP contribution in [-0.2, 0) is 16.1 Å². The largest absolute Gasteiger partial charge is 0.480 e. The zero-order valence-electron chi connectivity index (χ0n) is 14.1. The Hall–Kier alpha value is -1.66. The van der Waals surface area contributed by atoms with Gasteiger partial charge in [0.05, 0.1) is 11.1 Å². The van der Waals surface area contributed by atoms with Crippen LogP contribution in [0.15, 0.2) is 41.0 Å². The summed E-state index contributed by atoms with van der Waals surface area (Å²) in [7, 11) is 0. The molecule has 0 saturated heterocycles. The minimum atomic E-state index is -0.896. The van der Waals surface area contributed by atoms with Gasteiger partial charge in [0.25, 0.3) is 0 Å². The van der Waals surface area contributed by atoms with E-state index in [1.54, 1.807) is 0 Å². The van der Waals surface area contributed by atoms with Gasteiger partial charge in [0.15, 0.2) is 0 Å². The highest BCUT2D eigenvalue weighted by Gasteiger charge is 2.22. The number of carboxylic acid groups (broad SMARTS) is 1. The quantitative estimate of drug-likeness (QED) is 0.747. The van der Waals surface area contributed by atoms with Crippen molar-refractivity contribution in [3.8, 4) is 11.3 Å². The molecule has 1 aromatic carbocycles. The molecule has 2 aromatic rings. The van der Waals surface area contributed by atoms with Crippen LogP contribution in [-0.4, -0.2) is 34.1 Å². The van der Waals surface area contributed by atoms with E-state index in [1.807, 2.05) is 22.9 Å². The number of nitrogens with zero attached hydrogens (tertiary/aromatic N) is 2. The number of hydrogen-bond acceptors (Lipinski definition) is 3. The molecule has 0 unspecified atom stereocenters. The second kappa shape index (κ2) is 8.63. The van der Waals surface area contributed by atoms with E-state index in [-0.39, 0.29) is 6.61 Å². The number of aliphatic carboxylic acids is 1. The number of hydrogen-bond donors (Lipinski definition) is 1. The van der Waals surface area contributed by atoms with E-state index >= 15 is 0 Å². The van der Waals surface area contributed by atoms with Gasteiger partial charge in [-0.15, -0.1) is 0 Å². The van der Waals surface area contributed by atoms with Gasteiger partial charge in [-0.25, -0.2) is 4.79 Å². The van der Waals surface area contributed by atoms with Crippen molar-refractivity contribution in [3.05, 3.63) is 41.0 Å². The zero-order valence-corrected chi connectivity index (χ0v) is 15.7. The standard InChI is InChI=1S/C19H23BrN2O3/c20-17-11-22(21-19(17)16-4-2-1-3-5-16)10-14-6-8-15(9-7-14)12-25-13-18(23)24/h1-5,11,14-15H,6-10,12-13H2,(H,23,24)/t14-,15-. The number of ether oxygens (including phenoxy) is 1. The summed E-state index contributed by atoms with van der Waals surface area (Å²) < 4.78 is 8.30. The molecule has 1 aromatic heterocycles. The molecule has 1 saturated carbocycles. The molecule has 0 spiro atoms. The fraction of sp³-hybridized carbons (Fsp3) is 0.474. The van der Waals surface area contributed by atoms with E-state index in [0.717, 1.165) is 48.0 Å². The van der Waals surface area contributed by atoms with Gasteiger partial charge in [0.2, 0.25) is 0 Å². The van der Waals surface area contributed by atoms with Crippen LogP contribution in [0.25, 0.3) is 11.3 Å². The highest BCUT2D eigenvalue weighted by Crippen LogP contribution is 2.31. The van der Waals surface area contributed by atoms with E-state index < -0.39 is 5.97 Å². The molecular formula is C19H23BrN2O3. The zero-order chi connectivity index (χ0) is 17.6. The fourth-order valence-corrected chi connectivity index (χ4v) is 3.98. The van der Waals surface area contributed by atoms with Crippen molar-refractivity contribution in [2.75, 3.05) is 13.2 Å². The van der Waals surface area contributed by atoms with Crippen molar-refractivity contribution in [1.82, 2.24) is 9.78 Å². The Morgan fingerprint density at radius 1 is 1.20 bits per heavy atom. The van der Waals surface area contributed by atoms with Crippen molar-refractivity contribution >= 4 is 21.9 Å². The Balaban J connectivity index is 1.50. The summed E-state index contributed by atoms with van der Waals surface area (Å²) in [6.45, 7) is 1.29. The third-order valence-corrected chi connectivity index (χ3v) is 5.34. The summed E-state index contributed by atoms with van der Waals surface area (Å²) >= 11 is 3.62. The number of aromatic nitrogens is 2. The minimum absolute atomic E-state index is 0.191. The van der Waals surface area contributed by atoms with Crippen molar-refractivity contribution < 1.29 is 14.6 Å². The number of carboxylic acids is 1. The maximum absolute atomic E-state index is 10.5. The molecule has 0 bridgehead atoms. The average Bonchev–Trinajstić information content (AvgIpc) is 2.97. The first-order chi connectivity index (χ1) is 12.1. The van der Waals surface area contributed by atoms with Crippen LogP contribution in [0.3, 0.4) is 0 Å². The third kappa shape index (κ3) is 5.16. The lowest BCUT2D eigenvalue weighted by molar-refractivity contribution is -0.142. The smallest absolute Gasteiger partial charge is 0.329 e. The Morgan fingerprint density at radius 3 is 2.56 bits per heavy atom. The number of benzene rings is 1. The average molecular weight is 407 g/mol. The molecule has 0 amide bonds. The molecule has 1 aliphatic rings. The SMILES string of the molecule is O=C(O)COC[C@H]1CC[C@H](Cn2cc(Br)c(-c3ccccc3)n2)CC1. The lowest BCUT2D eigenvalue weighted by Gasteiger charge is -2.28. The first-order valence-corrected chi connectivity index (χ1v) is 9.49. The molecule has 6 heteroatoms. The van der Waals surface area contributed by atoms with Crippen LogP contribution < -0.4 is 0 Å². The molecule has 3 rings (SSSR count). The Labute approximate surface area is 156 Å². The highest BCUT2D eigenvalue weighted by atomic mass is 79.9. The van der Waals surface area contributed by atoms with Crippen LogP contribution in [0.2, 0.25) is 0 Å². The predicted octanol–water partition coefficient (Wildman–Crippen LogP) is 4.22. The Kier molecular flexibility index (Phi) is 6.26. The van der Waals surface area contributed by atoms with Crippen LogP contribution in [0.4, 0.5) is 0 Å². The molecule has 25 heavy (non-hydrogen) atoms. The molecular weight excluding hydrogens is 384 g/mol. The van der Waals surface area contributed by atoms with Gasteiger partial charge in [-0.1, -0.05) is 30.3 Å². The number of carbonyl (C=O) groups is 1. The van der Waals surface area contributed by atoms with E-state index in [4.69, 9.17) is 14.9 Å². The topological polar surface area (TPSA) is 64.3 Å². The van der Waals surface area contributed by atoms with E-state index in [2.05, 4.69) is 34.3 Å². The minimum Gasteiger partial charge on any atom is -0.480 e. The second-order valence-electron chi connectivity index (χ2n) is 6.71. The molecule has 1 aliphatic carbocycles. The highest BCUT2D eigenvalue weighted by molar-refractivity contribution is 9.10. The molecule has 1 N–H and O–H groups in total. The van der Waals surface area contributed by atoms with Crippen LogP contribution in [0.1, 0.15) is 25.7 Å². The lowest BCUT2D eigenvalue weighted by Crippen LogP contribution is -2.23. The Bertz CT molecular complexity index is 694. The molecule has 1 heterocycles. The second-order valence-corrected chi connectivity index (χ2v) is 7.56. The van der Waals surface area contributed by atoms with Crippen molar-refractivity contribution in [2.45, 2.75) is 32.2 Å². The van der Waals surface area contributed by atoms with E-state index in [0.29, 0.717) is 18.4 Å². The first kappa shape index (κ1) is 18.1. The van der Waals surface area contributed by atoms with Crippen LogP contribution in [0.5, 0.6) is 0 Å². The molecule has 0 aliphatic heterocycles. The maximum atomic E-state index is 10.5. The number of rotatable bonds is 7. The molecule has 134 valence electrons. The van der Waals surface area contributed by atoms with Gasteiger partial charge in [-0.2, -0.15) is 5.10 Å². The summed E-state index contributed by atoms with van der Waals surface area (Å²) in [5, 5.41) is 13.4. The van der Waals surface area contributed by atoms with Gasteiger partial charge in [0, 0.05) is 18.3 Å². The molecule has 1 fully saturated rings. The third-order valence-electron chi connectivity index (χ3n) is 4.75. The van der Waals surface area contributed by atoms with Crippen molar-refractivity contribution in [1.29, 1.82) is 0 Å². The van der Waals surface area contributed by atoms with Gasteiger partial charge >= 0.3 is 5.97 Å². The fourth-order valence-electron chi connectivity index (χ4n) is 3.44. The van der Waals surface area contributed by atoms with E-state index in [1.165, 1.54) is 0 Å². The van der Waals surface area contributed by atoms with Gasteiger partial charge in [-0.3, -0.25) is 4.68 Å². The predicted molar refractivity (Wildman–Crippen MR) is 99.3 cm³/mol. The van der Waals surface area contributed by atoms with Crippen molar-refractivity contribution in [3.63, 3.8) is 0 Å². The van der Waals surface area contributed by atoms with Crippen molar-refractivity contribution in [2.24, 2.45) is 11.8 Å². The Morgan fingerprint density at radius 2 is 1.88 bits per heavy atom.